The van der Waals surface area contributed by atoms with Crippen LogP contribution in [0.1, 0.15) is 24.0 Å². The molecule has 0 bridgehead atoms. The molecule has 0 fully saturated rings. The zero-order chi connectivity index (χ0) is 12.0. The van der Waals surface area contributed by atoms with Crippen molar-refractivity contribution in [1.82, 2.24) is 5.32 Å². The zero-order valence-electron chi connectivity index (χ0n) is 10.3. The van der Waals surface area contributed by atoms with Gasteiger partial charge in [0.1, 0.15) is 0 Å². The molecule has 0 spiro atoms. The molecule has 3 heteroatoms. The Hall–Kier alpha value is -1.51. The van der Waals surface area contributed by atoms with Gasteiger partial charge in [0, 0.05) is 25.7 Å². The van der Waals surface area contributed by atoms with E-state index in [1.807, 2.05) is 0 Å². The minimum atomic E-state index is 0.0995. The van der Waals surface area contributed by atoms with Crippen molar-refractivity contribution in [3.8, 4) is 0 Å². The summed E-state index contributed by atoms with van der Waals surface area (Å²) in [5, 5.41) is 5.96. The Labute approximate surface area is 97.2 Å². The van der Waals surface area contributed by atoms with Crippen LogP contribution in [0.4, 0.5) is 5.69 Å². The second kappa shape index (κ2) is 6.16. The fourth-order valence-electron chi connectivity index (χ4n) is 1.61. The number of nitrogens with one attached hydrogen (secondary N) is 2. The summed E-state index contributed by atoms with van der Waals surface area (Å²) in [6.07, 6.45) is 1.43. The molecule has 2 N–H and O–H groups in total. The van der Waals surface area contributed by atoms with E-state index in [9.17, 15) is 4.79 Å². The molecule has 0 saturated carbocycles. The van der Waals surface area contributed by atoms with Crippen LogP contribution < -0.4 is 10.6 Å². The third-order valence-electron chi connectivity index (χ3n) is 2.56. The second-order valence-corrected chi connectivity index (χ2v) is 4.02. The quantitative estimate of drug-likeness (QED) is 0.747. The molecule has 1 aromatic carbocycles. The first-order valence-electron chi connectivity index (χ1n) is 5.65. The smallest absolute Gasteiger partial charge is 0.219 e. The van der Waals surface area contributed by atoms with Gasteiger partial charge in [-0.3, -0.25) is 4.79 Å². The van der Waals surface area contributed by atoms with E-state index in [1.54, 1.807) is 7.05 Å². The highest BCUT2D eigenvalue weighted by atomic mass is 16.1. The van der Waals surface area contributed by atoms with Crippen molar-refractivity contribution in [3.05, 3.63) is 29.3 Å². The molecule has 0 heterocycles. The summed E-state index contributed by atoms with van der Waals surface area (Å²) in [5.74, 6) is 0.0995. The Balaban J connectivity index is 2.35. The summed E-state index contributed by atoms with van der Waals surface area (Å²) >= 11 is 0. The average Bonchev–Trinajstić information content (AvgIpc) is 2.26. The van der Waals surface area contributed by atoms with Gasteiger partial charge in [0.15, 0.2) is 0 Å². The molecule has 0 saturated heterocycles. The highest BCUT2D eigenvalue weighted by molar-refractivity contribution is 5.75. The van der Waals surface area contributed by atoms with Crippen LogP contribution in [0.25, 0.3) is 0 Å². The van der Waals surface area contributed by atoms with Crippen molar-refractivity contribution in [1.29, 1.82) is 0 Å². The fourth-order valence-corrected chi connectivity index (χ4v) is 1.61. The third kappa shape index (κ3) is 3.93. The molecular formula is C13H20N2O. The van der Waals surface area contributed by atoms with Crippen molar-refractivity contribution in [2.45, 2.75) is 26.7 Å². The van der Waals surface area contributed by atoms with Gasteiger partial charge < -0.3 is 10.6 Å². The predicted octanol–water partition coefficient (Wildman–Crippen LogP) is 2.24. The lowest BCUT2D eigenvalue weighted by Gasteiger charge is -2.09. The molecule has 0 radical (unpaired) electrons. The second-order valence-electron chi connectivity index (χ2n) is 4.02. The molecule has 1 rings (SSSR count). The first-order valence-corrected chi connectivity index (χ1v) is 5.65. The summed E-state index contributed by atoms with van der Waals surface area (Å²) < 4.78 is 0. The number of rotatable bonds is 5. The lowest BCUT2D eigenvalue weighted by atomic mass is 10.1. The monoisotopic (exact) mass is 220 g/mol. The Bertz CT molecular complexity index is 361. The average molecular weight is 220 g/mol. The number of hydrogen-bond acceptors (Lipinski definition) is 2. The van der Waals surface area contributed by atoms with E-state index in [4.69, 9.17) is 0 Å². The first kappa shape index (κ1) is 12.6. The molecule has 0 unspecified atom stereocenters. The summed E-state index contributed by atoms with van der Waals surface area (Å²) in [5.41, 5.74) is 3.68. The van der Waals surface area contributed by atoms with Crippen LogP contribution in [0.3, 0.4) is 0 Å². The maximum absolute atomic E-state index is 11.0. The molecule has 1 aromatic rings. The number of carbonyl (C=O) groups is 1. The lowest BCUT2D eigenvalue weighted by molar-refractivity contribution is -0.120. The number of aryl methyl sites for hydroxylation is 2. The third-order valence-corrected chi connectivity index (χ3v) is 2.56. The topological polar surface area (TPSA) is 41.1 Å². The van der Waals surface area contributed by atoms with Crippen molar-refractivity contribution in [2.75, 3.05) is 18.9 Å². The number of amides is 1. The molecule has 3 nitrogen and oxygen atoms in total. The van der Waals surface area contributed by atoms with Crippen molar-refractivity contribution in [3.63, 3.8) is 0 Å². The molecule has 0 aliphatic heterocycles. The van der Waals surface area contributed by atoms with E-state index in [-0.39, 0.29) is 5.91 Å². The van der Waals surface area contributed by atoms with Crippen LogP contribution in [-0.4, -0.2) is 19.5 Å². The van der Waals surface area contributed by atoms with Crippen LogP contribution in [0.2, 0.25) is 0 Å². The normalized spacial score (nSPS) is 9.94. The maximum Gasteiger partial charge on any atom is 0.219 e. The minimum absolute atomic E-state index is 0.0995. The highest BCUT2D eigenvalue weighted by Crippen LogP contribution is 2.15. The molecule has 1 amide bonds. The van der Waals surface area contributed by atoms with Gasteiger partial charge >= 0.3 is 0 Å². The molecular weight excluding hydrogens is 200 g/mol. The summed E-state index contributed by atoms with van der Waals surface area (Å²) in [4.78, 5) is 11.0. The van der Waals surface area contributed by atoms with Crippen molar-refractivity contribution >= 4 is 11.6 Å². The summed E-state index contributed by atoms with van der Waals surface area (Å²) in [6.45, 7) is 5.01. The Morgan fingerprint density at radius 3 is 2.69 bits per heavy atom. The SMILES string of the molecule is CNC(=O)CCCNc1ccc(C)cc1C. The van der Waals surface area contributed by atoms with E-state index < -0.39 is 0 Å². The fraction of sp³-hybridized carbons (Fsp3) is 0.462. The minimum Gasteiger partial charge on any atom is -0.385 e. The van der Waals surface area contributed by atoms with Gasteiger partial charge in [-0.25, -0.2) is 0 Å². The van der Waals surface area contributed by atoms with E-state index in [2.05, 4.69) is 42.7 Å². The van der Waals surface area contributed by atoms with Crippen molar-refractivity contribution < 1.29 is 4.79 Å². The lowest BCUT2D eigenvalue weighted by Crippen LogP contribution is -2.18. The van der Waals surface area contributed by atoms with Crippen LogP contribution >= 0.6 is 0 Å². The zero-order valence-corrected chi connectivity index (χ0v) is 10.3. The summed E-state index contributed by atoms with van der Waals surface area (Å²) in [7, 11) is 1.67. The van der Waals surface area contributed by atoms with E-state index in [1.165, 1.54) is 11.1 Å². The van der Waals surface area contributed by atoms with Gasteiger partial charge in [0.2, 0.25) is 5.91 Å². The van der Waals surface area contributed by atoms with Gasteiger partial charge in [0.25, 0.3) is 0 Å². The molecule has 0 aliphatic carbocycles. The number of hydrogen-bond donors (Lipinski definition) is 2. The Morgan fingerprint density at radius 1 is 1.31 bits per heavy atom. The van der Waals surface area contributed by atoms with Crippen LogP contribution in [0.15, 0.2) is 18.2 Å². The predicted molar refractivity (Wildman–Crippen MR) is 67.7 cm³/mol. The van der Waals surface area contributed by atoms with Gasteiger partial charge in [-0.1, -0.05) is 17.7 Å². The Morgan fingerprint density at radius 2 is 2.06 bits per heavy atom. The van der Waals surface area contributed by atoms with Crippen molar-refractivity contribution in [2.24, 2.45) is 0 Å². The van der Waals surface area contributed by atoms with Crippen LogP contribution in [-0.2, 0) is 4.79 Å². The van der Waals surface area contributed by atoms with Gasteiger partial charge in [-0.15, -0.1) is 0 Å². The number of benzene rings is 1. The highest BCUT2D eigenvalue weighted by Gasteiger charge is 1.99. The summed E-state index contributed by atoms with van der Waals surface area (Å²) in [6, 6.07) is 6.33. The van der Waals surface area contributed by atoms with E-state index in [0.717, 1.165) is 18.7 Å². The maximum atomic E-state index is 11.0. The molecule has 16 heavy (non-hydrogen) atoms. The van der Waals surface area contributed by atoms with Gasteiger partial charge in [-0.05, 0) is 31.9 Å². The van der Waals surface area contributed by atoms with Crippen LogP contribution in [0, 0.1) is 13.8 Å². The molecule has 0 atom stereocenters. The van der Waals surface area contributed by atoms with Gasteiger partial charge in [-0.2, -0.15) is 0 Å². The van der Waals surface area contributed by atoms with E-state index in [0.29, 0.717) is 6.42 Å². The Kier molecular flexibility index (Phi) is 4.83. The molecule has 88 valence electrons. The molecule has 0 aliphatic rings. The van der Waals surface area contributed by atoms with Crippen LogP contribution in [0.5, 0.6) is 0 Å². The number of carbonyl (C=O) groups excluding carboxylic acids is 1. The first-order chi connectivity index (χ1) is 7.63. The van der Waals surface area contributed by atoms with E-state index >= 15 is 0 Å². The standard InChI is InChI=1S/C13H20N2O/c1-10-6-7-12(11(2)9-10)15-8-4-5-13(16)14-3/h6-7,9,15H,4-5,8H2,1-3H3,(H,14,16). The molecule has 0 aromatic heterocycles. The van der Waals surface area contributed by atoms with Gasteiger partial charge in [0.05, 0.1) is 0 Å². The number of anilines is 1. The largest absolute Gasteiger partial charge is 0.385 e.